The summed E-state index contributed by atoms with van der Waals surface area (Å²) in [5.74, 6) is -0.117. The van der Waals surface area contributed by atoms with Gasteiger partial charge in [-0.05, 0) is 29.3 Å². The summed E-state index contributed by atoms with van der Waals surface area (Å²) in [5, 5.41) is 9.76. The molecule has 0 spiro atoms. The van der Waals surface area contributed by atoms with Crippen molar-refractivity contribution in [1.82, 2.24) is 15.1 Å². The van der Waals surface area contributed by atoms with Crippen LogP contribution in [0.15, 0.2) is 28.1 Å². The van der Waals surface area contributed by atoms with Crippen LogP contribution in [-0.2, 0) is 11.3 Å². The highest BCUT2D eigenvalue weighted by atomic mass is 79.9. The van der Waals surface area contributed by atoms with E-state index in [4.69, 9.17) is 0 Å². The molecule has 0 fully saturated rings. The molecule has 110 valence electrons. The zero-order valence-corrected chi connectivity index (χ0v) is 13.2. The van der Waals surface area contributed by atoms with E-state index in [1.165, 1.54) is 10.9 Å². The van der Waals surface area contributed by atoms with Gasteiger partial charge in [0.25, 0.3) is 5.56 Å². The lowest BCUT2D eigenvalue weighted by molar-refractivity contribution is -0.121. The summed E-state index contributed by atoms with van der Waals surface area (Å²) < 4.78 is 1.63. The third kappa shape index (κ3) is 4.19. The molecule has 20 heavy (non-hydrogen) atoms. The Bertz CT molecular complexity index is 542. The minimum atomic E-state index is -0.450. The lowest BCUT2D eigenvalue weighted by Gasteiger charge is -2.16. The van der Waals surface area contributed by atoms with Crippen molar-refractivity contribution in [1.29, 1.82) is 0 Å². The SMILES string of the molecule is C=CCn1ncc(NC(C)C(=O)NCCC)c(Br)c1=O. The summed E-state index contributed by atoms with van der Waals surface area (Å²) in [6, 6.07) is -0.450. The first-order chi connectivity index (χ1) is 9.51. The molecule has 0 bridgehead atoms. The number of aromatic nitrogens is 2. The molecule has 0 saturated heterocycles. The summed E-state index contributed by atoms with van der Waals surface area (Å²) in [7, 11) is 0. The standard InChI is InChI=1S/C13H19BrN4O2/c1-4-6-15-12(19)9(3)17-10-8-16-18(7-5-2)13(20)11(10)14/h5,8-9,17H,2,4,6-7H2,1,3H3,(H,15,19). The first-order valence-electron chi connectivity index (χ1n) is 6.42. The van der Waals surface area contributed by atoms with Crippen LogP contribution in [-0.4, -0.2) is 28.3 Å². The Morgan fingerprint density at radius 1 is 1.65 bits per heavy atom. The second-order valence-electron chi connectivity index (χ2n) is 4.31. The average molecular weight is 343 g/mol. The molecule has 0 radical (unpaired) electrons. The first-order valence-corrected chi connectivity index (χ1v) is 7.21. The maximum Gasteiger partial charge on any atom is 0.283 e. The predicted molar refractivity (Wildman–Crippen MR) is 82.8 cm³/mol. The van der Waals surface area contributed by atoms with Gasteiger partial charge in [-0.2, -0.15) is 5.10 Å². The van der Waals surface area contributed by atoms with Crippen LogP contribution in [0.25, 0.3) is 0 Å². The molecule has 1 unspecified atom stereocenters. The number of nitrogens with zero attached hydrogens (tertiary/aromatic N) is 2. The molecule has 0 saturated carbocycles. The molecular formula is C13H19BrN4O2. The number of halogens is 1. The highest BCUT2D eigenvalue weighted by molar-refractivity contribution is 9.10. The van der Waals surface area contributed by atoms with E-state index in [2.05, 4.69) is 38.2 Å². The van der Waals surface area contributed by atoms with Gasteiger partial charge in [-0.15, -0.1) is 6.58 Å². The van der Waals surface area contributed by atoms with E-state index in [0.29, 0.717) is 23.2 Å². The molecule has 0 aliphatic carbocycles. The molecule has 2 N–H and O–H groups in total. The van der Waals surface area contributed by atoms with Gasteiger partial charge in [-0.25, -0.2) is 4.68 Å². The maximum atomic E-state index is 12.0. The zero-order valence-electron chi connectivity index (χ0n) is 11.6. The van der Waals surface area contributed by atoms with Crippen LogP contribution < -0.4 is 16.2 Å². The van der Waals surface area contributed by atoms with Crippen LogP contribution in [0.3, 0.4) is 0 Å². The second kappa shape index (κ2) is 7.84. The van der Waals surface area contributed by atoms with E-state index in [0.717, 1.165) is 6.42 Å². The molecule has 0 aromatic carbocycles. The van der Waals surface area contributed by atoms with Gasteiger partial charge >= 0.3 is 0 Å². The summed E-state index contributed by atoms with van der Waals surface area (Å²) in [6.45, 7) is 8.25. The number of anilines is 1. The van der Waals surface area contributed by atoms with E-state index < -0.39 is 6.04 Å². The topological polar surface area (TPSA) is 76.0 Å². The third-order valence-corrected chi connectivity index (χ3v) is 3.37. The molecule has 1 atom stereocenters. The highest BCUT2D eigenvalue weighted by Crippen LogP contribution is 2.17. The summed E-state index contributed by atoms with van der Waals surface area (Å²) in [4.78, 5) is 23.7. The smallest absolute Gasteiger partial charge is 0.283 e. The average Bonchev–Trinajstić information content (AvgIpc) is 2.44. The Morgan fingerprint density at radius 3 is 2.95 bits per heavy atom. The van der Waals surface area contributed by atoms with E-state index in [9.17, 15) is 9.59 Å². The van der Waals surface area contributed by atoms with Crippen LogP contribution in [0, 0.1) is 0 Å². The fourth-order valence-corrected chi connectivity index (χ4v) is 1.94. The fourth-order valence-electron chi connectivity index (χ4n) is 1.52. The first kappa shape index (κ1) is 16.4. The van der Waals surface area contributed by atoms with Gasteiger partial charge < -0.3 is 10.6 Å². The van der Waals surface area contributed by atoms with E-state index in [1.54, 1.807) is 13.0 Å². The predicted octanol–water partition coefficient (Wildman–Crippen LogP) is 1.52. The lowest BCUT2D eigenvalue weighted by Crippen LogP contribution is -2.38. The Balaban J connectivity index is 2.83. The van der Waals surface area contributed by atoms with E-state index >= 15 is 0 Å². The molecule has 7 heteroatoms. The Morgan fingerprint density at radius 2 is 2.35 bits per heavy atom. The van der Waals surface area contributed by atoms with Crippen LogP contribution in [0.2, 0.25) is 0 Å². The highest BCUT2D eigenvalue weighted by Gasteiger charge is 2.15. The van der Waals surface area contributed by atoms with Gasteiger partial charge in [0.1, 0.15) is 10.5 Å². The Labute approximate surface area is 126 Å². The number of carbonyl (C=O) groups is 1. The van der Waals surface area contributed by atoms with Crippen LogP contribution in [0.4, 0.5) is 5.69 Å². The van der Waals surface area contributed by atoms with Crippen LogP contribution in [0.1, 0.15) is 20.3 Å². The van der Waals surface area contributed by atoms with Crippen molar-refractivity contribution in [2.24, 2.45) is 0 Å². The second-order valence-corrected chi connectivity index (χ2v) is 5.10. The zero-order chi connectivity index (χ0) is 15.1. The van der Waals surface area contributed by atoms with Crippen LogP contribution in [0.5, 0.6) is 0 Å². The summed E-state index contributed by atoms with van der Waals surface area (Å²) in [6.07, 6.45) is 3.98. The lowest BCUT2D eigenvalue weighted by atomic mass is 10.3. The van der Waals surface area contributed by atoms with Crippen molar-refractivity contribution >= 4 is 27.5 Å². The molecule has 1 rings (SSSR count). The molecule has 1 heterocycles. The summed E-state index contributed by atoms with van der Waals surface area (Å²) >= 11 is 3.23. The van der Waals surface area contributed by atoms with Crippen LogP contribution >= 0.6 is 15.9 Å². The molecule has 1 aromatic heterocycles. The van der Waals surface area contributed by atoms with Gasteiger partial charge in [-0.1, -0.05) is 13.0 Å². The van der Waals surface area contributed by atoms with Crippen molar-refractivity contribution in [3.63, 3.8) is 0 Å². The monoisotopic (exact) mass is 342 g/mol. The van der Waals surface area contributed by atoms with Gasteiger partial charge in [0.2, 0.25) is 5.91 Å². The number of nitrogens with one attached hydrogen (secondary N) is 2. The fraction of sp³-hybridized carbons (Fsp3) is 0.462. The van der Waals surface area contributed by atoms with E-state index in [-0.39, 0.29) is 11.5 Å². The molecule has 6 nitrogen and oxygen atoms in total. The number of hydrogen-bond acceptors (Lipinski definition) is 4. The van der Waals surface area contributed by atoms with E-state index in [1.807, 2.05) is 6.92 Å². The van der Waals surface area contributed by atoms with Gasteiger partial charge in [0.15, 0.2) is 0 Å². The number of rotatable bonds is 7. The summed E-state index contributed by atoms with van der Waals surface area (Å²) in [5.41, 5.74) is 0.227. The Kier molecular flexibility index (Phi) is 6.44. The largest absolute Gasteiger partial charge is 0.372 e. The van der Waals surface area contributed by atoms with Crippen molar-refractivity contribution < 1.29 is 4.79 Å². The number of carbonyl (C=O) groups excluding carboxylic acids is 1. The number of amides is 1. The minimum Gasteiger partial charge on any atom is -0.372 e. The van der Waals surface area contributed by atoms with Gasteiger partial charge in [0.05, 0.1) is 18.4 Å². The molecule has 0 aliphatic rings. The van der Waals surface area contributed by atoms with Gasteiger partial charge in [-0.3, -0.25) is 9.59 Å². The molecule has 1 aromatic rings. The minimum absolute atomic E-state index is 0.117. The third-order valence-electron chi connectivity index (χ3n) is 2.60. The molecular weight excluding hydrogens is 324 g/mol. The van der Waals surface area contributed by atoms with Crippen molar-refractivity contribution in [2.75, 3.05) is 11.9 Å². The van der Waals surface area contributed by atoms with Crippen molar-refractivity contribution in [2.45, 2.75) is 32.9 Å². The Hall–Kier alpha value is -1.63. The van der Waals surface area contributed by atoms with Crippen molar-refractivity contribution in [3.8, 4) is 0 Å². The normalized spacial score (nSPS) is 11.8. The van der Waals surface area contributed by atoms with Crippen molar-refractivity contribution in [3.05, 3.63) is 33.7 Å². The maximum absolute atomic E-state index is 12.0. The quantitative estimate of drug-likeness (QED) is 0.736. The molecule has 1 amide bonds. The number of hydrogen-bond donors (Lipinski definition) is 2. The van der Waals surface area contributed by atoms with Gasteiger partial charge in [0, 0.05) is 6.54 Å². The number of allylic oxidation sites excluding steroid dienone is 1. The molecule has 0 aliphatic heterocycles.